The third kappa shape index (κ3) is 3.36. The molecule has 1 heteroatoms. The van der Waals surface area contributed by atoms with Crippen LogP contribution >= 0.6 is 0 Å². The Hall–Kier alpha value is -1.24. The molecule has 1 aromatic carbocycles. The van der Waals surface area contributed by atoms with E-state index in [0.29, 0.717) is 0 Å². The summed E-state index contributed by atoms with van der Waals surface area (Å²) in [6.07, 6.45) is 9.74. The van der Waals surface area contributed by atoms with Crippen molar-refractivity contribution in [3.05, 3.63) is 41.5 Å². The van der Waals surface area contributed by atoms with Gasteiger partial charge in [0, 0.05) is 0 Å². The molecule has 1 aromatic rings. The Bertz CT molecular complexity index is 372. The molecular weight excluding hydrogens is 208 g/mol. The van der Waals surface area contributed by atoms with Crippen molar-refractivity contribution in [3.63, 3.8) is 0 Å². The van der Waals surface area contributed by atoms with Crippen LogP contribution in [0.1, 0.15) is 36.8 Å². The number of para-hydroxylation sites is 1. The second-order valence-corrected chi connectivity index (χ2v) is 4.98. The molecule has 0 N–H and O–H groups in total. The van der Waals surface area contributed by atoms with Crippen LogP contribution in [0.5, 0.6) is 5.75 Å². The Kier molecular flexibility index (Phi) is 4.24. The highest BCUT2D eigenvalue weighted by molar-refractivity contribution is 5.39. The molecule has 0 heterocycles. The number of hydrogen-bond acceptors (Lipinski definition) is 1. The van der Waals surface area contributed by atoms with Crippen molar-refractivity contribution in [1.82, 2.24) is 0 Å². The standard InChI is InChI=1S/C16H22O/c1-13-7-6-8-14(2)16(13)17-12-11-15-9-4-3-5-10-15/h4,6-9,15H,3,5,10-12H2,1-2H3. The van der Waals surface area contributed by atoms with Crippen molar-refractivity contribution >= 4 is 0 Å². The number of hydrogen-bond donors (Lipinski definition) is 0. The molecule has 0 spiro atoms. The Morgan fingerprint density at radius 1 is 1.24 bits per heavy atom. The van der Waals surface area contributed by atoms with Gasteiger partial charge in [-0.25, -0.2) is 0 Å². The highest BCUT2D eigenvalue weighted by atomic mass is 16.5. The van der Waals surface area contributed by atoms with E-state index in [9.17, 15) is 0 Å². The summed E-state index contributed by atoms with van der Waals surface area (Å²) in [6.45, 7) is 5.06. The van der Waals surface area contributed by atoms with E-state index in [0.717, 1.165) is 24.7 Å². The van der Waals surface area contributed by atoms with Crippen molar-refractivity contribution in [1.29, 1.82) is 0 Å². The average molecular weight is 230 g/mol. The van der Waals surface area contributed by atoms with E-state index in [1.807, 2.05) is 0 Å². The maximum absolute atomic E-state index is 5.94. The number of allylic oxidation sites excluding steroid dienone is 2. The van der Waals surface area contributed by atoms with E-state index >= 15 is 0 Å². The lowest BCUT2D eigenvalue weighted by atomic mass is 9.93. The van der Waals surface area contributed by atoms with Crippen molar-refractivity contribution in [3.8, 4) is 5.75 Å². The van der Waals surface area contributed by atoms with Gasteiger partial charge in [0.25, 0.3) is 0 Å². The molecule has 0 bridgehead atoms. The van der Waals surface area contributed by atoms with Crippen molar-refractivity contribution in [2.45, 2.75) is 39.5 Å². The zero-order valence-electron chi connectivity index (χ0n) is 10.9. The predicted molar refractivity (Wildman–Crippen MR) is 72.5 cm³/mol. The summed E-state index contributed by atoms with van der Waals surface area (Å²) in [7, 11) is 0. The fraction of sp³-hybridized carbons (Fsp3) is 0.500. The number of rotatable bonds is 4. The van der Waals surface area contributed by atoms with Crippen molar-refractivity contribution in [2.75, 3.05) is 6.61 Å². The summed E-state index contributed by atoms with van der Waals surface area (Å²) in [5.74, 6) is 1.81. The van der Waals surface area contributed by atoms with Crippen molar-refractivity contribution in [2.24, 2.45) is 5.92 Å². The second-order valence-electron chi connectivity index (χ2n) is 4.98. The van der Waals surface area contributed by atoms with Crippen LogP contribution in [0.3, 0.4) is 0 Å². The van der Waals surface area contributed by atoms with Crippen LogP contribution in [0.15, 0.2) is 30.4 Å². The lowest BCUT2D eigenvalue weighted by molar-refractivity contribution is 0.282. The molecule has 1 unspecified atom stereocenters. The van der Waals surface area contributed by atoms with Crippen LogP contribution in [0, 0.1) is 19.8 Å². The van der Waals surface area contributed by atoms with Gasteiger partial charge in [-0.3, -0.25) is 0 Å². The van der Waals surface area contributed by atoms with Gasteiger partial charge < -0.3 is 4.74 Å². The number of ether oxygens (including phenoxy) is 1. The molecule has 2 rings (SSSR count). The molecule has 17 heavy (non-hydrogen) atoms. The first-order valence-corrected chi connectivity index (χ1v) is 6.63. The highest BCUT2D eigenvalue weighted by Crippen LogP contribution is 2.24. The molecule has 1 aliphatic carbocycles. The van der Waals surface area contributed by atoms with Gasteiger partial charge in [0.1, 0.15) is 5.75 Å². The van der Waals surface area contributed by atoms with Crippen LogP contribution in [0.25, 0.3) is 0 Å². The SMILES string of the molecule is Cc1cccc(C)c1OCCC1C=CCCC1. The van der Waals surface area contributed by atoms with Gasteiger partial charge in [0.2, 0.25) is 0 Å². The summed E-state index contributed by atoms with van der Waals surface area (Å²) in [4.78, 5) is 0. The van der Waals surface area contributed by atoms with E-state index in [-0.39, 0.29) is 0 Å². The monoisotopic (exact) mass is 230 g/mol. The third-order valence-corrected chi connectivity index (χ3v) is 3.50. The van der Waals surface area contributed by atoms with E-state index in [2.05, 4.69) is 44.2 Å². The second kappa shape index (κ2) is 5.90. The molecule has 0 fully saturated rings. The number of benzene rings is 1. The predicted octanol–water partition coefficient (Wildman–Crippen LogP) is 4.43. The first-order chi connectivity index (χ1) is 8.27. The minimum atomic E-state index is 0.730. The summed E-state index contributed by atoms with van der Waals surface area (Å²) < 4.78 is 5.94. The molecule has 0 saturated carbocycles. The third-order valence-electron chi connectivity index (χ3n) is 3.50. The fourth-order valence-corrected chi connectivity index (χ4v) is 2.46. The lowest BCUT2D eigenvalue weighted by Crippen LogP contribution is -2.08. The van der Waals surface area contributed by atoms with Crippen LogP contribution in [-0.4, -0.2) is 6.61 Å². The molecule has 1 aliphatic rings. The van der Waals surface area contributed by atoms with E-state index in [1.54, 1.807) is 0 Å². The molecule has 1 nitrogen and oxygen atoms in total. The van der Waals surface area contributed by atoms with Gasteiger partial charge in [-0.1, -0.05) is 30.4 Å². The van der Waals surface area contributed by atoms with Crippen LogP contribution < -0.4 is 4.74 Å². The summed E-state index contributed by atoms with van der Waals surface area (Å²) in [5, 5.41) is 0. The largest absolute Gasteiger partial charge is 0.493 e. The minimum absolute atomic E-state index is 0.730. The van der Waals surface area contributed by atoms with Crippen LogP contribution in [-0.2, 0) is 0 Å². The Balaban J connectivity index is 1.85. The molecular formula is C16H22O. The minimum Gasteiger partial charge on any atom is -0.493 e. The molecule has 0 aromatic heterocycles. The average Bonchev–Trinajstić information content (AvgIpc) is 2.34. The quantitative estimate of drug-likeness (QED) is 0.695. The van der Waals surface area contributed by atoms with Gasteiger partial charge in [-0.2, -0.15) is 0 Å². The van der Waals surface area contributed by atoms with E-state index < -0.39 is 0 Å². The van der Waals surface area contributed by atoms with Gasteiger partial charge >= 0.3 is 0 Å². The molecule has 0 amide bonds. The zero-order valence-corrected chi connectivity index (χ0v) is 10.9. The highest BCUT2D eigenvalue weighted by Gasteiger charge is 2.09. The van der Waals surface area contributed by atoms with E-state index in [4.69, 9.17) is 4.74 Å². The molecule has 0 saturated heterocycles. The Labute approximate surface area is 104 Å². The first kappa shape index (κ1) is 12.2. The molecule has 0 aliphatic heterocycles. The van der Waals surface area contributed by atoms with Gasteiger partial charge in [0.05, 0.1) is 6.61 Å². The number of aryl methyl sites for hydroxylation is 2. The molecule has 0 radical (unpaired) electrons. The topological polar surface area (TPSA) is 9.23 Å². The summed E-state index contributed by atoms with van der Waals surface area (Å²) >= 11 is 0. The molecule has 1 atom stereocenters. The molecule has 92 valence electrons. The fourth-order valence-electron chi connectivity index (χ4n) is 2.46. The van der Waals surface area contributed by atoms with Gasteiger partial charge in [-0.05, 0) is 56.6 Å². The maximum atomic E-state index is 5.94. The van der Waals surface area contributed by atoms with Gasteiger partial charge in [0.15, 0.2) is 0 Å². The smallest absolute Gasteiger partial charge is 0.125 e. The lowest BCUT2D eigenvalue weighted by Gasteiger charge is -2.17. The van der Waals surface area contributed by atoms with Gasteiger partial charge in [-0.15, -0.1) is 0 Å². The first-order valence-electron chi connectivity index (χ1n) is 6.63. The zero-order chi connectivity index (χ0) is 12.1. The Morgan fingerprint density at radius 3 is 2.65 bits per heavy atom. The van der Waals surface area contributed by atoms with Crippen molar-refractivity contribution < 1.29 is 4.74 Å². The Morgan fingerprint density at radius 2 is 2.00 bits per heavy atom. The normalized spacial score (nSPS) is 19.3. The van der Waals surface area contributed by atoms with Crippen LogP contribution in [0.2, 0.25) is 0 Å². The summed E-state index contributed by atoms with van der Waals surface area (Å²) in [6, 6.07) is 6.31. The van der Waals surface area contributed by atoms with E-state index in [1.165, 1.54) is 30.4 Å². The summed E-state index contributed by atoms with van der Waals surface area (Å²) in [5.41, 5.74) is 2.48. The van der Waals surface area contributed by atoms with Crippen LogP contribution in [0.4, 0.5) is 0 Å². The maximum Gasteiger partial charge on any atom is 0.125 e.